The van der Waals surface area contributed by atoms with Crippen LogP contribution in [0.15, 0.2) is 84.9 Å². The van der Waals surface area contributed by atoms with Gasteiger partial charge in [-0.05, 0) is 45.2 Å². The summed E-state index contributed by atoms with van der Waals surface area (Å²) in [4.78, 5) is 6.25. The Morgan fingerprint density at radius 2 is 1.50 bits per heavy atom. The Balaban J connectivity index is 1.63. The van der Waals surface area contributed by atoms with Crippen molar-refractivity contribution in [1.82, 2.24) is 5.06 Å². The molecule has 140 valence electrons. The van der Waals surface area contributed by atoms with Crippen molar-refractivity contribution in [3.63, 3.8) is 0 Å². The zero-order valence-corrected chi connectivity index (χ0v) is 15.8. The van der Waals surface area contributed by atoms with Gasteiger partial charge in [0.1, 0.15) is 0 Å². The van der Waals surface area contributed by atoms with Crippen LogP contribution in [0.1, 0.15) is 23.6 Å². The number of fused-ring (bicyclic) bond motifs is 3. The third kappa shape index (κ3) is 3.08. The number of hydrogen-bond acceptors (Lipinski definition) is 3. The Hall–Kier alpha value is -2.72. The fraction of sp³-hybridized carbons (Fsp3) is 0.200. The smallest absolute Gasteiger partial charge is 0.0934 e. The highest BCUT2D eigenvalue weighted by Crippen LogP contribution is 2.40. The maximum atomic E-state index is 6.25. The van der Waals surface area contributed by atoms with Gasteiger partial charge in [-0.3, -0.25) is 4.84 Å². The van der Waals surface area contributed by atoms with Crippen LogP contribution in [0.2, 0.25) is 0 Å². The van der Waals surface area contributed by atoms with E-state index >= 15 is 0 Å². The lowest BCUT2D eigenvalue weighted by Crippen LogP contribution is -2.24. The molecular formula is C25H24N2O. The Morgan fingerprint density at radius 1 is 0.821 bits per heavy atom. The molecule has 28 heavy (non-hydrogen) atoms. The van der Waals surface area contributed by atoms with Gasteiger partial charge in [-0.1, -0.05) is 78.9 Å². The van der Waals surface area contributed by atoms with Crippen molar-refractivity contribution in [1.29, 1.82) is 0 Å². The van der Waals surface area contributed by atoms with E-state index in [1.165, 1.54) is 32.7 Å². The molecule has 5 rings (SSSR count). The quantitative estimate of drug-likeness (QED) is 0.503. The minimum atomic E-state index is 0.0546. The van der Waals surface area contributed by atoms with E-state index in [4.69, 9.17) is 10.6 Å². The average Bonchev–Trinajstić information content (AvgIpc) is 3.16. The summed E-state index contributed by atoms with van der Waals surface area (Å²) in [6, 6.07) is 30.3. The maximum absolute atomic E-state index is 6.25. The SMILES string of the molecule is NC[C@@H]1C[C@H](c2cc3ccccc3c3ccccc23)N(Cc2ccccc2)O1. The molecular weight excluding hydrogens is 344 g/mol. The third-order valence-corrected chi connectivity index (χ3v) is 5.72. The summed E-state index contributed by atoms with van der Waals surface area (Å²) in [5.74, 6) is 0. The van der Waals surface area contributed by atoms with Crippen LogP contribution in [0.5, 0.6) is 0 Å². The van der Waals surface area contributed by atoms with Crippen LogP contribution in [-0.4, -0.2) is 17.7 Å². The van der Waals surface area contributed by atoms with E-state index in [9.17, 15) is 0 Å². The molecule has 0 bridgehead atoms. The van der Waals surface area contributed by atoms with Crippen molar-refractivity contribution < 1.29 is 4.84 Å². The minimum Gasteiger partial charge on any atom is -0.328 e. The molecule has 1 fully saturated rings. The summed E-state index contributed by atoms with van der Waals surface area (Å²) in [5.41, 5.74) is 8.55. The normalized spacial score (nSPS) is 20.2. The molecule has 0 saturated carbocycles. The second-order valence-corrected chi connectivity index (χ2v) is 7.51. The van der Waals surface area contributed by atoms with E-state index in [0.29, 0.717) is 6.54 Å². The predicted molar refractivity (Wildman–Crippen MR) is 115 cm³/mol. The van der Waals surface area contributed by atoms with Crippen molar-refractivity contribution in [2.45, 2.75) is 25.1 Å². The Morgan fingerprint density at radius 3 is 2.29 bits per heavy atom. The van der Waals surface area contributed by atoms with E-state index in [1.54, 1.807) is 0 Å². The fourth-order valence-electron chi connectivity index (χ4n) is 4.37. The van der Waals surface area contributed by atoms with E-state index in [0.717, 1.165) is 13.0 Å². The predicted octanol–water partition coefficient (Wildman–Crippen LogP) is 5.20. The second kappa shape index (κ2) is 7.36. The molecule has 4 aromatic carbocycles. The maximum Gasteiger partial charge on any atom is 0.0934 e. The first-order valence-electron chi connectivity index (χ1n) is 9.91. The molecule has 0 aromatic heterocycles. The number of nitrogens with two attached hydrogens (primary N) is 1. The van der Waals surface area contributed by atoms with Crippen LogP contribution in [0.25, 0.3) is 21.5 Å². The Kier molecular flexibility index (Phi) is 4.57. The highest BCUT2D eigenvalue weighted by molar-refractivity contribution is 6.09. The molecule has 1 saturated heterocycles. The lowest BCUT2D eigenvalue weighted by Gasteiger charge is -2.25. The van der Waals surface area contributed by atoms with Gasteiger partial charge in [-0.2, -0.15) is 5.06 Å². The summed E-state index contributed by atoms with van der Waals surface area (Å²) in [6.07, 6.45) is 0.963. The standard InChI is InChI=1S/C25H24N2O/c26-16-20-15-25(27(28-20)17-18-8-2-1-3-9-18)24-14-19-10-4-5-11-21(19)22-12-6-7-13-23(22)24/h1-14,20,25H,15-17,26H2/t20-,25+/m0/s1. The molecule has 2 atom stereocenters. The first-order valence-corrected chi connectivity index (χ1v) is 9.91. The van der Waals surface area contributed by atoms with Gasteiger partial charge in [0.2, 0.25) is 0 Å². The summed E-state index contributed by atoms with van der Waals surface area (Å²) < 4.78 is 0. The highest BCUT2D eigenvalue weighted by atomic mass is 16.7. The van der Waals surface area contributed by atoms with Crippen LogP contribution in [-0.2, 0) is 11.4 Å². The van der Waals surface area contributed by atoms with Crippen molar-refractivity contribution in [2.75, 3.05) is 6.54 Å². The number of hydrogen-bond donors (Lipinski definition) is 1. The van der Waals surface area contributed by atoms with Gasteiger partial charge in [-0.25, -0.2) is 0 Å². The van der Waals surface area contributed by atoms with Crippen molar-refractivity contribution >= 4 is 21.5 Å². The van der Waals surface area contributed by atoms with Crippen LogP contribution in [0.3, 0.4) is 0 Å². The molecule has 3 nitrogen and oxygen atoms in total. The topological polar surface area (TPSA) is 38.5 Å². The fourth-order valence-corrected chi connectivity index (χ4v) is 4.37. The summed E-state index contributed by atoms with van der Waals surface area (Å²) in [5, 5.41) is 7.29. The van der Waals surface area contributed by atoms with E-state index in [1.807, 2.05) is 6.07 Å². The summed E-state index contributed by atoms with van der Waals surface area (Å²) >= 11 is 0. The van der Waals surface area contributed by atoms with Gasteiger partial charge in [0, 0.05) is 13.1 Å². The summed E-state index contributed by atoms with van der Waals surface area (Å²) in [7, 11) is 0. The first kappa shape index (κ1) is 17.4. The zero-order chi connectivity index (χ0) is 18.9. The molecule has 0 aliphatic carbocycles. The zero-order valence-electron chi connectivity index (χ0n) is 15.8. The Labute approximate surface area is 165 Å². The van der Waals surface area contributed by atoms with E-state index < -0.39 is 0 Å². The molecule has 4 aromatic rings. The highest BCUT2D eigenvalue weighted by Gasteiger charge is 2.35. The van der Waals surface area contributed by atoms with E-state index in [2.05, 4.69) is 83.9 Å². The molecule has 2 N–H and O–H groups in total. The molecule has 0 unspecified atom stereocenters. The number of hydroxylamine groups is 2. The van der Waals surface area contributed by atoms with Crippen molar-refractivity contribution in [3.8, 4) is 0 Å². The van der Waals surface area contributed by atoms with Gasteiger partial charge in [-0.15, -0.1) is 0 Å². The van der Waals surface area contributed by atoms with Crippen LogP contribution in [0.4, 0.5) is 0 Å². The van der Waals surface area contributed by atoms with Gasteiger partial charge in [0.05, 0.1) is 12.1 Å². The Bertz CT molecular complexity index is 1110. The summed E-state index contributed by atoms with van der Waals surface area (Å²) in [6.45, 7) is 1.29. The minimum absolute atomic E-state index is 0.0546. The number of benzene rings is 4. The average molecular weight is 368 g/mol. The van der Waals surface area contributed by atoms with Gasteiger partial charge < -0.3 is 5.73 Å². The molecule has 1 aliphatic heterocycles. The first-order chi connectivity index (χ1) is 13.8. The van der Waals surface area contributed by atoms with E-state index in [-0.39, 0.29) is 12.1 Å². The molecule has 1 heterocycles. The molecule has 1 aliphatic rings. The van der Waals surface area contributed by atoms with Crippen LogP contribution < -0.4 is 5.73 Å². The molecule has 3 heteroatoms. The largest absolute Gasteiger partial charge is 0.328 e. The van der Waals surface area contributed by atoms with Crippen LogP contribution >= 0.6 is 0 Å². The lowest BCUT2D eigenvalue weighted by atomic mass is 9.91. The number of rotatable bonds is 4. The monoisotopic (exact) mass is 368 g/mol. The molecule has 0 radical (unpaired) electrons. The van der Waals surface area contributed by atoms with Crippen molar-refractivity contribution in [2.24, 2.45) is 5.73 Å². The lowest BCUT2D eigenvalue weighted by molar-refractivity contribution is -0.167. The molecule has 0 spiro atoms. The van der Waals surface area contributed by atoms with Gasteiger partial charge in [0.15, 0.2) is 0 Å². The van der Waals surface area contributed by atoms with Crippen molar-refractivity contribution in [3.05, 3.63) is 96.1 Å². The number of nitrogens with zero attached hydrogens (tertiary/aromatic N) is 1. The van der Waals surface area contributed by atoms with Gasteiger partial charge in [0.25, 0.3) is 0 Å². The second-order valence-electron chi connectivity index (χ2n) is 7.51. The van der Waals surface area contributed by atoms with Gasteiger partial charge >= 0.3 is 0 Å². The third-order valence-electron chi connectivity index (χ3n) is 5.72. The molecule has 0 amide bonds. The van der Waals surface area contributed by atoms with Crippen LogP contribution in [0, 0.1) is 0 Å².